The Morgan fingerprint density at radius 1 is 1.24 bits per heavy atom. The average molecular weight is 253 g/mol. The first-order valence-electron chi connectivity index (χ1n) is 5.27. The molecular formula is C10H14F3NO3. The zero-order valence-corrected chi connectivity index (χ0v) is 9.49. The van der Waals surface area contributed by atoms with E-state index < -0.39 is 30.1 Å². The molecule has 0 saturated carbocycles. The SMILES string of the molecule is C[C@@H]1C[C@H](C)N(C(=O)C(F)(F)F)[C@H](C(=O)O)C1. The summed E-state index contributed by atoms with van der Waals surface area (Å²) < 4.78 is 37.1. The third kappa shape index (κ3) is 2.89. The highest BCUT2D eigenvalue weighted by atomic mass is 19.4. The Balaban J connectivity index is 3.00. The molecule has 98 valence electrons. The molecule has 7 heteroatoms. The number of carboxylic acids is 1. The normalized spacial score (nSPS) is 30.2. The molecule has 0 aromatic heterocycles. The molecule has 17 heavy (non-hydrogen) atoms. The molecule has 0 aliphatic carbocycles. The number of aliphatic carboxylic acids is 1. The van der Waals surface area contributed by atoms with E-state index in [2.05, 4.69) is 0 Å². The monoisotopic (exact) mass is 253 g/mol. The smallest absolute Gasteiger partial charge is 0.471 e. The van der Waals surface area contributed by atoms with E-state index in [0.29, 0.717) is 11.3 Å². The second kappa shape index (κ2) is 4.54. The quantitative estimate of drug-likeness (QED) is 0.773. The summed E-state index contributed by atoms with van der Waals surface area (Å²) in [5.74, 6) is -3.46. The lowest BCUT2D eigenvalue weighted by Crippen LogP contribution is -2.57. The number of carboxylic acid groups (broad SMARTS) is 1. The molecule has 1 aliphatic rings. The minimum absolute atomic E-state index is 0.0108. The summed E-state index contributed by atoms with van der Waals surface area (Å²) in [6, 6.07) is -2.10. The summed E-state index contributed by atoms with van der Waals surface area (Å²) in [7, 11) is 0. The molecule has 4 nitrogen and oxygen atoms in total. The summed E-state index contributed by atoms with van der Waals surface area (Å²) in [6.45, 7) is 3.21. The second-order valence-electron chi connectivity index (χ2n) is 4.49. The minimum Gasteiger partial charge on any atom is -0.480 e. The van der Waals surface area contributed by atoms with E-state index >= 15 is 0 Å². The van der Waals surface area contributed by atoms with Crippen molar-refractivity contribution in [3.8, 4) is 0 Å². The van der Waals surface area contributed by atoms with Crippen molar-refractivity contribution in [2.45, 2.75) is 44.9 Å². The van der Waals surface area contributed by atoms with Crippen LogP contribution in [-0.2, 0) is 9.59 Å². The van der Waals surface area contributed by atoms with Crippen LogP contribution in [0.25, 0.3) is 0 Å². The van der Waals surface area contributed by atoms with Crippen molar-refractivity contribution < 1.29 is 27.9 Å². The number of hydrogen-bond acceptors (Lipinski definition) is 2. The third-order valence-electron chi connectivity index (χ3n) is 2.94. The fraction of sp³-hybridized carbons (Fsp3) is 0.800. The molecule has 0 unspecified atom stereocenters. The van der Waals surface area contributed by atoms with Gasteiger partial charge in [0.15, 0.2) is 0 Å². The van der Waals surface area contributed by atoms with Crippen molar-refractivity contribution in [1.29, 1.82) is 0 Å². The number of nitrogens with zero attached hydrogens (tertiary/aromatic N) is 1. The number of amides is 1. The Morgan fingerprint density at radius 2 is 1.76 bits per heavy atom. The highest BCUT2D eigenvalue weighted by molar-refractivity contribution is 5.87. The van der Waals surface area contributed by atoms with E-state index in [0.717, 1.165) is 0 Å². The predicted molar refractivity (Wildman–Crippen MR) is 52.2 cm³/mol. The maximum absolute atomic E-state index is 12.4. The molecule has 0 spiro atoms. The lowest BCUT2D eigenvalue weighted by molar-refractivity contribution is -0.195. The molecule has 1 fully saturated rings. The van der Waals surface area contributed by atoms with Gasteiger partial charge in [0.05, 0.1) is 0 Å². The Hall–Kier alpha value is -1.27. The molecule has 1 heterocycles. The van der Waals surface area contributed by atoms with E-state index in [1.807, 2.05) is 0 Å². The van der Waals surface area contributed by atoms with Gasteiger partial charge in [-0.15, -0.1) is 0 Å². The highest BCUT2D eigenvalue weighted by Gasteiger charge is 2.49. The largest absolute Gasteiger partial charge is 0.480 e. The molecule has 1 saturated heterocycles. The van der Waals surface area contributed by atoms with Crippen molar-refractivity contribution >= 4 is 11.9 Å². The Morgan fingerprint density at radius 3 is 2.18 bits per heavy atom. The zero-order valence-electron chi connectivity index (χ0n) is 9.49. The standard InChI is InChI=1S/C10H14F3NO3/c1-5-3-6(2)14(7(4-5)8(15)16)9(17)10(11,12)13/h5-7H,3-4H2,1-2H3,(H,15,16)/t5-,6+,7+/m1/s1. The molecule has 0 bridgehead atoms. The van der Waals surface area contributed by atoms with Crippen LogP contribution >= 0.6 is 0 Å². The van der Waals surface area contributed by atoms with E-state index in [1.165, 1.54) is 6.92 Å². The van der Waals surface area contributed by atoms with Gasteiger partial charge < -0.3 is 10.0 Å². The van der Waals surface area contributed by atoms with Gasteiger partial charge in [0, 0.05) is 6.04 Å². The van der Waals surface area contributed by atoms with Crippen LogP contribution in [0.4, 0.5) is 13.2 Å². The number of rotatable bonds is 1. The van der Waals surface area contributed by atoms with Gasteiger partial charge in [-0.3, -0.25) is 4.79 Å². The van der Waals surface area contributed by atoms with Gasteiger partial charge in [-0.25, -0.2) is 4.79 Å². The number of likely N-dealkylation sites (tertiary alicyclic amines) is 1. The number of carbonyl (C=O) groups is 2. The van der Waals surface area contributed by atoms with E-state index in [9.17, 15) is 22.8 Å². The van der Waals surface area contributed by atoms with E-state index in [-0.39, 0.29) is 12.3 Å². The van der Waals surface area contributed by atoms with Crippen LogP contribution in [0.15, 0.2) is 0 Å². The fourth-order valence-corrected chi connectivity index (χ4v) is 2.30. The van der Waals surface area contributed by atoms with Gasteiger partial charge >= 0.3 is 18.1 Å². The number of halogens is 3. The maximum Gasteiger partial charge on any atom is 0.471 e. The first-order valence-corrected chi connectivity index (χ1v) is 5.27. The number of alkyl halides is 3. The number of carbonyl (C=O) groups excluding carboxylic acids is 1. The molecule has 0 aromatic rings. The average Bonchev–Trinajstić information content (AvgIpc) is 2.13. The number of piperidine rings is 1. The third-order valence-corrected chi connectivity index (χ3v) is 2.94. The molecular weight excluding hydrogens is 239 g/mol. The summed E-state index contributed by atoms with van der Waals surface area (Å²) in [6.07, 6.45) is -4.59. The molecule has 0 radical (unpaired) electrons. The lowest BCUT2D eigenvalue weighted by atomic mass is 9.87. The van der Waals surface area contributed by atoms with Crippen LogP contribution < -0.4 is 0 Å². The van der Waals surface area contributed by atoms with E-state index in [4.69, 9.17) is 5.11 Å². The van der Waals surface area contributed by atoms with Gasteiger partial charge in [-0.2, -0.15) is 13.2 Å². The van der Waals surface area contributed by atoms with Crippen LogP contribution in [0.5, 0.6) is 0 Å². The van der Waals surface area contributed by atoms with Gasteiger partial charge in [-0.05, 0) is 25.7 Å². The second-order valence-corrected chi connectivity index (χ2v) is 4.49. The first kappa shape index (κ1) is 13.8. The van der Waals surface area contributed by atoms with Gasteiger partial charge in [0.25, 0.3) is 0 Å². The van der Waals surface area contributed by atoms with Crippen LogP contribution in [0.2, 0.25) is 0 Å². The zero-order chi connectivity index (χ0) is 13.4. The fourth-order valence-electron chi connectivity index (χ4n) is 2.30. The van der Waals surface area contributed by atoms with Crippen LogP contribution in [0.1, 0.15) is 26.7 Å². The van der Waals surface area contributed by atoms with Crippen molar-refractivity contribution in [1.82, 2.24) is 4.90 Å². The van der Waals surface area contributed by atoms with Crippen molar-refractivity contribution in [2.24, 2.45) is 5.92 Å². The Kier molecular flexibility index (Phi) is 3.68. The summed E-state index contributed by atoms with van der Waals surface area (Å²) in [5.41, 5.74) is 0. The molecule has 0 aromatic carbocycles. The molecule has 1 rings (SSSR count). The molecule has 1 amide bonds. The van der Waals surface area contributed by atoms with Crippen molar-refractivity contribution in [3.05, 3.63) is 0 Å². The van der Waals surface area contributed by atoms with Gasteiger partial charge in [-0.1, -0.05) is 6.92 Å². The highest BCUT2D eigenvalue weighted by Crippen LogP contribution is 2.31. The van der Waals surface area contributed by atoms with Crippen LogP contribution in [-0.4, -0.2) is 40.1 Å². The van der Waals surface area contributed by atoms with Crippen molar-refractivity contribution in [3.63, 3.8) is 0 Å². The molecule has 1 N–H and O–H groups in total. The van der Waals surface area contributed by atoms with Gasteiger partial charge in [0.2, 0.25) is 0 Å². The number of hydrogen-bond donors (Lipinski definition) is 1. The lowest BCUT2D eigenvalue weighted by Gasteiger charge is -2.41. The van der Waals surface area contributed by atoms with Crippen molar-refractivity contribution in [2.75, 3.05) is 0 Å². The summed E-state index contributed by atoms with van der Waals surface area (Å²) in [4.78, 5) is 22.6. The van der Waals surface area contributed by atoms with Gasteiger partial charge in [0.1, 0.15) is 6.04 Å². The van der Waals surface area contributed by atoms with Crippen LogP contribution in [0, 0.1) is 5.92 Å². The maximum atomic E-state index is 12.4. The van der Waals surface area contributed by atoms with E-state index in [1.54, 1.807) is 6.92 Å². The summed E-state index contributed by atoms with van der Waals surface area (Å²) in [5, 5.41) is 8.90. The predicted octanol–water partition coefficient (Wildman–Crippen LogP) is 1.65. The Labute approximate surface area is 96.4 Å². The first-order chi connectivity index (χ1) is 7.64. The molecule has 3 atom stereocenters. The summed E-state index contributed by atoms with van der Waals surface area (Å²) >= 11 is 0. The van der Waals surface area contributed by atoms with Crippen LogP contribution in [0.3, 0.4) is 0 Å². The topological polar surface area (TPSA) is 57.6 Å². The minimum atomic E-state index is -5.03. The Bertz CT molecular complexity index is 329. The molecule has 1 aliphatic heterocycles.